The average Bonchev–Trinajstić information content (AvgIpc) is 3.81. The summed E-state index contributed by atoms with van der Waals surface area (Å²) in [6, 6.07) is 11.5. The zero-order valence-electron chi connectivity index (χ0n) is 28.4. The Balaban J connectivity index is 1.13. The molecule has 11 nitrogen and oxygen atoms in total. The lowest BCUT2D eigenvalue weighted by Gasteiger charge is -2.44. The minimum atomic E-state index is -3.09. The van der Waals surface area contributed by atoms with Crippen LogP contribution < -0.4 is 19.5 Å². The molecular formula is C38H37Cl2F2N3O8. The highest BCUT2D eigenvalue weighted by atomic mass is 35.5. The summed E-state index contributed by atoms with van der Waals surface area (Å²) < 4.78 is 55.0. The molecule has 1 aliphatic carbocycles. The highest BCUT2D eigenvalue weighted by Crippen LogP contribution is 2.38. The Morgan fingerprint density at radius 2 is 1.77 bits per heavy atom. The fourth-order valence-corrected chi connectivity index (χ4v) is 7.34. The SMILES string of the molecule is O=C(OC(Cc1c(Cl)c[n+]([O-])cc1Cl)c1ccc(OC(F)F)c(OCC2CC2)c1)c1cccc(NC(C(=O)O[C@H]2CN3CCC2CC3)c2ccoc2)c1. The van der Waals surface area contributed by atoms with Crippen molar-refractivity contribution in [3.63, 3.8) is 0 Å². The van der Waals surface area contributed by atoms with E-state index in [1.165, 1.54) is 30.7 Å². The standard InChI is InChI=1S/C38H37Cl2F2N3O8/c39-29-17-45(48)18-30(40)28(29)16-32(24-6-7-31(53-38(41)42)33(15-24)50-20-22-4-5-22)51-36(46)25-2-1-3-27(14-25)43-35(26-10-13-49-21-26)37(47)52-34-19-44-11-8-23(34)9-12-44/h1-3,6-7,10,13-15,17-18,21-23,32,34-35,38,43H,4-5,8-9,11-12,16,19-20H2/t32?,34-,35?/m0/s1. The molecule has 4 aromatic rings. The second-order valence-electron chi connectivity index (χ2n) is 13.6. The number of nitrogens with one attached hydrogen (secondary N) is 1. The van der Waals surface area contributed by atoms with Crippen molar-refractivity contribution in [2.24, 2.45) is 11.8 Å². The largest absolute Gasteiger partial charge is 0.619 e. The van der Waals surface area contributed by atoms with Crippen molar-refractivity contribution >= 4 is 40.8 Å². The van der Waals surface area contributed by atoms with E-state index >= 15 is 0 Å². The maximum Gasteiger partial charge on any atom is 0.387 e. The molecule has 3 atom stereocenters. The summed E-state index contributed by atoms with van der Waals surface area (Å²) in [4.78, 5) is 29.8. The number of fused-ring (bicyclic) bond motifs is 3. The van der Waals surface area contributed by atoms with Crippen LogP contribution in [0, 0.1) is 17.0 Å². The van der Waals surface area contributed by atoms with E-state index in [1.807, 2.05) is 0 Å². The number of hydrogen-bond acceptors (Lipinski definition) is 10. The Kier molecular flexibility index (Phi) is 11.2. The fourth-order valence-electron chi connectivity index (χ4n) is 6.74. The van der Waals surface area contributed by atoms with E-state index < -0.39 is 30.7 Å². The molecule has 4 fully saturated rings. The maximum atomic E-state index is 13.9. The third-order valence-electron chi connectivity index (χ3n) is 9.81. The quantitative estimate of drug-likeness (QED) is 0.0736. The molecule has 15 heteroatoms. The van der Waals surface area contributed by atoms with Crippen LogP contribution in [0.15, 0.2) is 77.9 Å². The van der Waals surface area contributed by atoms with Gasteiger partial charge in [-0.2, -0.15) is 13.5 Å². The van der Waals surface area contributed by atoms with E-state index in [1.54, 1.807) is 30.3 Å². The minimum Gasteiger partial charge on any atom is -0.619 e. The molecule has 2 unspecified atom stereocenters. The molecule has 2 aromatic carbocycles. The van der Waals surface area contributed by atoms with Crippen LogP contribution in [0.1, 0.15) is 64.9 Å². The molecule has 3 aliphatic heterocycles. The first-order valence-corrected chi connectivity index (χ1v) is 18.2. The molecule has 8 rings (SSSR count). The summed E-state index contributed by atoms with van der Waals surface area (Å²) in [6.45, 7) is -0.0743. The van der Waals surface area contributed by atoms with Gasteiger partial charge in [0, 0.05) is 29.8 Å². The molecular weight excluding hydrogens is 735 g/mol. The smallest absolute Gasteiger partial charge is 0.387 e. The summed E-state index contributed by atoms with van der Waals surface area (Å²) in [5.41, 5.74) is 1.83. The van der Waals surface area contributed by atoms with Gasteiger partial charge in [0.2, 0.25) is 0 Å². The molecule has 0 radical (unpaired) electrons. The number of alkyl halides is 2. The molecule has 0 spiro atoms. The number of ether oxygens (including phenoxy) is 4. The van der Waals surface area contributed by atoms with Crippen LogP contribution in [0.2, 0.25) is 10.0 Å². The Morgan fingerprint density at radius 1 is 1.00 bits per heavy atom. The van der Waals surface area contributed by atoms with Gasteiger partial charge < -0.3 is 33.9 Å². The van der Waals surface area contributed by atoms with Gasteiger partial charge in [0.25, 0.3) is 0 Å². The number of halogens is 4. The van der Waals surface area contributed by atoms with Crippen molar-refractivity contribution in [1.29, 1.82) is 0 Å². The normalized spacial score (nSPS) is 20.4. The van der Waals surface area contributed by atoms with Gasteiger partial charge in [0.1, 0.15) is 22.3 Å². The van der Waals surface area contributed by atoms with Crippen molar-refractivity contribution < 1.29 is 46.5 Å². The fraction of sp³-hybridized carbons (Fsp3) is 0.395. The number of furan rings is 1. The summed E-state index contributed by atoms with van der Waals surface area (Å²) in [5, 5.41) is 15.2. The highest BCUT2D eigenvalue weighted by molar-refractivity contribution is 6.35. The van der Waals surface area contributed by atoms with Gasteiger partial charge in [-0.1, -0.05) is 35.3 Å². The van der Waals surface area contributed by atoms with E-state index in [-0.39, 0.29) is 39.6 Å². The van der Waals surface area contributed by atoms with Gasteiger partial charge in [-0.15, -0.1) is 0 Å². The van der Waals surface area contributed by atoms with Crippen LogP contribution in [-0.2, 0) is 20.7 Å². The first-order valence-electron chi connectivity index (χ1n) is 17.4. The average molecular weight is 773 g/mol. The second-order valence-corrected chi connectivity index (χ2v) is 14.4. The molecule has 2 aromatic heterocycles. The molecule has 1 saturated carbocycles. The van der Waals surface area contributed by atoms with E-state index in [4.69, 9.17) is 46.6 Å². The topological polar surface area (TPSA) is 126 Å². The van der Waals surface area contributed by atoms with Gasteiger partial charge in [-0.3, -0.25) is 4.90 Å². The molecule has 3 saturated heterocycles. The summed E-state index contributed by atoms with van der Waals surface area (Å²) in [6.07, 6.45) is 7.72. The number of esters is 2. The van der Waals surface area contributed by atoms with Crippen molar-refractivity contribution in [2.45, 2.75) is 57.0 Å². The predicted octanol–water partition coefficient (Wildman–Crippen LogP) is 7.54. The first-order chi connectivity index (χ1) is 25.6. The van der Waals surface area contributed by atoms with Gasteiger partial charge in [-0.05, 0) is 92.6 Å². The number of piperidine rings is 3. The number of nitrogens with zero attached hydrogens (tertiary/aromatic N) is 2. The molecule has 4 aliphatic rings. The zero-order chi connectivity index (χ0) is 37.1. The minimum absolute atomic E-state index is 0.0398. The molecule has 280 valence electrons. The van der Waals surface area contributed by atoms with E-state index in [2.05, 4.69) is 10.2 Å². The van der Waals surface area contributed by atoms with Crippen molar-refractivity contribution in [1.82, 2.24) is 4.90 Å². The monoisotopic (exact) mass is 771 g/mol. The number of aromatic nitrogens is 1. The van der Waals surface area contributed by atoms with Gasteiger partial charge in [0.05, 0.1) is 24.7 Å². The van der Waals surface area contributed by atoms with Crippen LogP contribution in [-0.4, -0.2) is 55.8 Å². The number of hydrogen-bond donors (Lipinski definition) is 1. The Hall–Kier alpha value is -4.59. The molecule has 2 bridgehead atoms. The van der Waals surface area contributed by atoms with Crippen LogP contribution in [0.25, 0.3) is 0 Å². The number of carbonyl (C=O) groups is 2. The summed E-state index contributed by atoms with van der Waals surface area (Å²) >= 11 is 12.8. The van der Waals surface area contributed by atoms with Gasteiger partial charge in [-0.25, -0.2) is 9.59 Å². The Labute approximate surface area is 314 Å². The first kappa shape index (κ1) is 36.8. The molecule has 5 heterocycles. The number of pyridine rings is 1. The number of carbonyl (C=O) groups excluding carboxylic acids is 2. The lowest BCUT2D eigenvalue weighted by atomic mass is 9.86. The van der Waals surface area contributed by atoms with Crippen LogP contribution in [0.5, 0.6) is 11.5 Å². The highest BCUT2D eigenvalue weighted by Gasteiger charge is 2.38. The maximum absolute atomic E-state index is 13.9. The zero-order valence-corrected chi connectivity index (χ0v) is 29.9. The second kappa shape index (κ2) is 16.2. The van der Waals surface area contributed by atoms with Gasteiger partial charge in [0.15, 0.2) is 29.9 Å². The summed E-state index contributed by atoms with van der Waals surface area (Å²) in [7, 11) is 0. The third kappa shape index (κ3) is 9.14. The lowest BCUT2D eigenvalue weighted by Crippen LogP contribution is -2.52. The number of benzene rings is 2. The van der Waals surface area contributed by atoms with Crippen LogP contribution in [0.4, 0.5) is 14.5 Å². The Morgan fingerprint density at radius 3 is 2.43 bits per heavy atom. The predicted molar refractivity (Wildman–Crippen MR) is 189 cm³/mol. The molecule has 1 N–H and O–H groups in total. The number of anilines is 1. The van der Waals surface area contributed by atoms with E-state index in [0.29, 0.717) is 52.1 Å². The summed E-state index contributed by atoms with van der Waals surface area (Å²) in [5.74, 6) is -0.702. The lowest BCUT2D eigenvalue weighted by molar-refractivity contribution is -0.605. The molecule has 0 amide bonds. The van der Waals surface area contributed by atoms with E-state index in [0.717, 1.165) is 51.2 Å². The van der Waals surface area contributed by atoms with Crippen molar-refractivity contribution in [3.05, 3.63) is 111 Å². The van der Waals surface area contributed by atoms with Crippen molar-refractivity contribution in [3.8, 4) is 11.5 Å². The third-order valence-corrected chi connectivity index (χ3v) is 10.5. The molecule has 53 heavy (non-hydrogen) atoms. The van der Waals surface area contributed by atoms with Crippen LogP contribution >= 0.6 is 23.2 Å². The van der Waals surface area contributed by atoms with Gasteiger partial charge >= 0.3 is 18.6 Å². The Bertz CT molecular complexity index is 1900. The number of rotatable bonds is 15. The van der Waals surface area contributed by atoms with E-state index in [9.17, 15) is 23.6 Å². The van der Waals surface area contributed by atoms with Crippen molar-refractivity contribution in [2.75, 3.05) is 31.6 Å². The van der Waals surface area contributed by atoms with Crippen LogP contribution in [0.3, 0.4) is 0 Å².